The van der Waals surface area contributed by atoms with E-state index in [9.17, 15) is 4.79 Å². The summed E-state index contributed by atoms with van der Waals surface area (Å²) in [6.45, 7) is 4.05. The van der Waals surface area contributed by atoms with Gasteiger partial charge in [-0.15, -0.1) is 0 Å². The van der Waals surface area contributed by atoms with Gasteiger partial charge in [0.1, 0.15) is 0 Å². The molecule has 1 aliphatic rings. The number of aryl methyl sites for hydroxylation is 1. The summed E-state index contributed by atoms with van der Waals surface area (Å²) in [6, 6.07) is 16.0. The third kappa shape index (κ3) is 1.82. The molecule has 0 heterocycles. The Kier molecular flexibility index (Phi) is 2.63. The third-order valence-corrected chi connectivity index (χ3v) is 3.92. The summed E-state index contributed by atoms with van der Waals surface area (Å²) in [7, 11) is 0. The Morgan fingerprint density at radius 2 is 1.63 bits per heavy atom. The van der Waals surface area contributed by atoms with Gasteiger partial charge in [-0.3, -0.25) is 4.79 Å². The zero-order valence-corrected chi connectivity index (χ0v) is 11.2. The Balaban J connectivity index is 2.13. The van der Waals surface area contributed by atoms with Gasteiger partial charge in [0.15, 0.2) is 5.78 Å². The van der Waals surface area contributed by atoms with E-state index in [4.69, 9.17) is 0 Å². The van der Waals surface area contributed by atoms with Crippen LogP contribution in [0.5, 0.6) is 0 Å². The Morgan fingerprint density at radius 3 is 2.37 bits per heavy atom. The van der Waals surface area contributed by atoms with Gasteiger partial charge in [-0.05, 0) is 25.0 Å². The summed E-state index contributed by atoms with van der Waals surface area (Å²) in [4.78, 5) is 12.8. The van der Waals surface area contributed by atoms with Crippen LogP contribution in [0.15, 0.2) is 54.6 Å². The molecule has 0 N–H and O–H groups in total. The van der Waals surface area contributed by atoms with Crippen molar-refractivity contribution in [2.75, 3.05) is 0 Å². The molecule has 0 saturated carbocycles. The smallest absolute Gasteiger partial charge is 0.177 e. The lowest BCUT2D eigenvalue weighted by atomic mass is 9.72. The van der Waals surface area contributed by atoms with Gasteiger partial charge in [0.05, 0.1) is 5.41 Å². The van der Waals surface area contributed by atoms with E-state index in [0.29, 0.717) is 0 Å². The van der Waals surface area contributed by atoms with Crippen molar-refractivity contribution in [3.05, 3.63) is 76.9 Å². The van der Waals surface area contributed by atoms with Crippen LogP contribution in [-0.4, -0.2) is 5.78 Å². The van der Waals surface area contributed by atoms with Crippen molar-refractivity contribution in [2.45, 2.75) is 19.3 Å². The maximum Gasteiger partial charge on any atom is 0.177 e. The average Bonchev–Trinajstić information content (AvgIpc) is 2.44. The Morgan fingerprint density at radius 1 is 0.947 bits per heavy atom. The van der Waals surface area contributed by atoms with Gasteiger partial charge in [0.2, 0.25) is 0 Å². The number of carbonyl (C=O) groups is 1. The second-order valence-electron chi connectivity index (χ2n) is 5.32. The largest absolute Gasteiger partial charge is 0.293 e. The van der Waals surface area contributed by atoms with Gasteiger partial charge in [-0.2, -0.15) is 0 Å². The molecular formula is C18H16O. The van der Waals surface area contributed by atoms with E-state index in [0.717, 1.165) is 16.7 Å². The molecule has 2 aromatic carbocycles. The molecule has 0 fully saturated rings. The fraction of sp³-hybridized carbons (Fsp3) is 0.167. The van der Waals surface area contributed by atoms with E-state index in [1.807, 2.05) is 49.4 Å². The van der Waals surface area contributed by atoms with Crippen molar-refractivity contribution in [3.63, 3.8) is 0 Å². The lowest BCUT2D eigenvalue weighted by molar-refractivity contribution is 0.0925. The van der Waals surface area contributed by atoms with Crippen molar-refractivity contribution in [2.24, 2.45) is 0 Å². The van der Waals surface area contributed by atoms with Crippen molar-refractivity contribution in [1.82, 2.24) is 0 Å². The number of Topliss-reactive ketones (excluding diaryl/α,β-unsaturated/α-hetero) is 1. The SMILES string of the molecule is Cc1ccc(C2(C)C=Cc3ccccc3C2=O)cc1. The van der Waals surface area contributed by atoms with Gasteiger partial charge in [-0.25, -0.2) is 0 Å². The Labute approximate surface area is 113 Å². The van der Waals surface area contributed by atoms with Crippen LogP contribution in [0, 0.1) is 6.92 Å². The molecule has 3 rings (SSSR count). The number of hydrogen-bond donors (Lipinski definition) is 0. The Bertz CT molecular complexity index is 664. The fourth-order valence-corrected chi connectivity index (χ4v) is 2.59. The van der Waals surface area contributed by atoms with Crippen LogP contribution in [0.2, 0.25) is 0 Å². The van der Waals surface area contributed by atoms with Gasteiger partial charge in [0, 0.05) is 5.56 Å². The van der Waals surface area contributed by atoms with Crippen molar-refractivity contribution in [1.29, 1.82) is 0 Å². The second kappa shape index (κ2) is 4.20. The topological polar surface area (TPSA) is 17.1 Å². The third-order valence-electron chi connectivity index (χ3n) is 3.92. The molecule has 0 spiro atoms. The summed E-state index contributed by atoms with van der Waals surface area (Å²) in [5, 5.41) is 0. The predicted octanol–water partition coefficient (Wildman–Crippen LogP) is 4.16. The predicted molar refractivity (Wildman–Crippen MR) is 78.3 cm³/mol. The molecule has 1 nitrogen and oxygen atoms in total. The second-order valence-corrected chi connectivity index (χ2v) is 5.32. The zero-order valence-electron chi connectivity index (χ0n) is 11.2. The molecule has 0 amide bonds. The highest BCUT2D eigenvalue weighted by molar-refractivity contribution is 6.10. The molecule has 2 aromatic rings. The normalized spacial score (nSPS) is 21.3. The maximum atomic E-state index is 12.8. The number of hydrogen-bond acceptors (Lipinski definition) is 1. The first kappa shape index (κ1) is 11.9. The van der Waals surface area contributed by atoms with E-state index < -0.39 is 5.41 Å². The first-order chi connectivity index (χ1) is 9.11. The molecule has 0 radical (unpaired) electrons. The quantitative estimate of drug-likeness (QED) is 0.740. The minimum absolute atomic E-state index is 0.175. The molecule has 1 unspecified atom stereocenters. The number of rotatable bonds is 1. The van der Waals surface area contributed by atoms with Crippen molar-refractivity contribution < 1.29 is 4.79 Å². The maximum absolute atomic E-state index is 12.8. The van der Waals surface area contributed by atoms with Crippen LogP contribution in [0.25, 0.3) is 6.08 Å². The minimum Gasteiger partial charge on any atom is -0.293 e. The average molecular weight is 248 g/mol. The molecule has 1 heteroatoms. The summed E-state index contributed by atoms with van der Waals surface area (Å²) in [6.07, 6.45) is 4.07. The van der Waals surface area contributed by atoms with E-state index in [2.05, 4.69) is 25.1 Å². The zero-order chi connectivity index (χ0) is 13.5. The Hall–Kier alpha value is -2.15. The van der Waals surface area contributed by atoms with Crippen molar-refractivity contribution in [3.8, 4) is 0 Å². The molecule has 0 aromatic heterocycles. The number of ketones is 1. The highest BCUT2D eigenvalue weighted by Gasteiger charge is 2.36. The van der Waals surface area contributed by atoms with Gasteiger partial charge in [0.25, 0.3) is 0 Å². The van der Waals surface area contributed by atoms with Crippen LogP contribution in [0.3, 0.4) is 0 Å². The lowest BCUT2D eigenvalue weighted by Crippen LogP contribution is -2.33. The van der Waals surface area contributed by atoms with Crippen LogP contribution in [-0.2, 0) is 5.41 Å². The number of carbonyl (C=O) groups excluding carboxylic acids is 1. The number of allylic oxidation sites excluding steroid dienone is 1. The van der Waals surface area contributed by atoms with Crippen molar-refractivity contribution >= 4 is 11.9 Å². The minimum atomic E-state index is -0.554. The fourth-order valence-electron chi connectivity index (χ4n) is 2.59. The summed E-state index contributed by atoms with van der Waals surface area (Å²) < 4.78 is 0. The molecule has 94 valence electrons. The van der Waals surface area contributed by atoms with Crippen LogP contribution >= 0.6 is 0 Å². The van der Waals surface area contributed by atoms with Gasteiger partial charge < -0.3 is 0 Å². The molecular weight excluding hydrogens is 232 g/mol. The highest BCUT2D eigenvalue weighted by atomic mass is 16.1. The summed E-state index contributed by atoms with van der Waals surface area (Å²) in [5.41, 5.74) is 3.53. The molecule has 0 bridgehead atoms. The van der Waals surface area contributed by atoms with Crippen LogP contribution < -0.4 is 0 Å². The van der Waals surface area contributed by atoms with E-state index >= 15 is 0 Å². The summed E-state index contributed by atoms with van der Waals surface area (Å²) in [5.74, 6) is 0.175. The molecule has 19 heavy (non-hydrogen) atoms. The molecule has 0 aliphatic heterocycles. The van der Waals surface area contributed by atoms with E-state index in [1.54, 1.807) is 0 Å². The standard InChI is InChI=1S/C18H16O/c1-13-7-9-15(10-8-13)18(2)12-11-14-5-3-4-6-16(14)17(18)19/h3-12H,1-2H3. The van der Waals surface area contributed by atoms with E-state index in [1.165, 1.54) is 5.56 Å². The van der Waals surface area contributed by atoms with Crippen LogP contribution in [0.1, 0.15) is 34.0 Å². The monoisotopic (exact) mass is 248 g/mol. The molecule has 1 aliphatic carbocycles. The number of fused-ring (bicyclic) bond motifs is 1. The molecule has 1 atom stereocenters. The molecule has 0 saturated heterocycles. The first-order valence-corrected chi connectivity index (χ1v) is 6.51. The lowest BCUT2D eigenvalue weighted by Gasteiger charge is -2.29. The number of benzene rings is 2. The van der Waals surface area contributed by atoms with Crippen LogP contribution in [0.4, 0.5) is 0 Å². The summed E-state index contributed by atoms with van der Waals surface area (Å²) >= 11 is 0. The first-order valence-electron chi connectivity index (χ1n) is 6.51. The van der Waals surface area contributed by atoms with Gasteiger partial charge in [-0.1, -0.05) is 66.2 Å². The van der Waals surface area contributed by atoms with Gasteiger partial charge >= 0.3 is 0 Å². The highest BCUT2D eigenvalue weighted by Crippen LogP contribution is 2.35. The van der Waals surface area contributed by atoms with E-state index in [-0.39, 0.29) is 5.78 Å².